The van der Waals surface area contributed by atoms with Crippen LogP contribution in [0.5, 0.6) is 0 Å². The van der Waals surface area contributed by atoms with Crippen molar-refractivity contribution in [3.05, 3.63) is 23.8 Å². The van der Waals surface area contributed by atoms with E-state index in [1.54, 1.807) is 0 Å². The lowest BCUT2D eigenvalue weighted by Gasteiger charge is -2.32. The van der Waals surface area contributed by atoms with Crippen molar-refractivity contribution < 1.29 is 18.8 Å². The summed E-state index contributed by atoms with van der Waals surface area (Å²) in [6.45, 7) is 10.0. The Labute approximate surface area is 126 Å². The Kier molecular flexibility index (Phi) is 4.04. The molecule has 0 radical (unpaired) electrons. The molecule has 0 unspecified atom stereocenters. The Hall–Kier alpha value is -1.53. The van der Waals surface area contributed by atoms with E-state index < -0.39 is 13.2 Å². The highest BCUT2D eigenvalue weighted by Gasteiger charge is 2.51. The molecule has 0 bridgehead atoms. The molecule has 0 aromatic heterocycles. The molecule has 0 atom stereocenters. The zero-order valence-electron chi connectivity index (χ0n) is 13.4. The van der Waals surface area contributed by atoms with Gasteiger partial charge in [-0.15, -0.1) is 0 Å². The highest BCUT2D eigenvalue weighted by Crippen LogP contribution is 2.36. The van der Waals surface area contributed by atoms with E-state index in [1.165, 1.54) is 7.11 Å². The van der Waals surface area contributed by atoms with E-state index in [-0.39, 0.29) is 11.2 Å². The summed E-state index contributed by atoms with van der Waals surface area (Å²) in [6.07, 6.45) is -0.485. The first-order valence-electron chi connectivity index (χ1n) is 6.97. The number of aryl methyl sites for hydroxylation is 1. The van der Waals surface area contributed by atoms with Gasteiger partial charge in [0.15, 0.2) is 0 Å². The summed E-state index contributed by atoms with van der Waals surface area (Å²) in [6, 6.07) is 5.67. The largest absolute Gasteiger partial charge is 0.494 e. The number of rotatable bonds is 2. The smallest absolute Gasteiger partial charge is 0.453 e. The lowest BCUT2D eigenvalue weighted by atomic mass is 9.78. The Morgan fingerprint density at radius 2 is 1.76 bits per heavy atom. The third-order valence-corrected chi connectivity index (χ3v) is 4.20. The van der Waals surface area contributed by atoms with E-state index in [9.17, 15) is 4.79 Å². The van der Waals surface area contributed by atoms with Crippen molar-refractivity contribution in [3.63, 3.8) is 0 Å². The van der Waals surface area contributed by atoms with Crippen LogP contribution in [-0.4, -0.2) is 31.5 Å². The molecule has 1 fully saturated rings. The molecule has 1 heterocycles. The number of hydrogen-bond acceptors (Lipinski definition) is 4. The fourth-order valence-corrected chi connectivity index (χ4v) is 2.11. The SMILES string of the molecule is COC(=O)Nc1ccc(B2OC(C)(C)C(C)(C)O2)cc1C. The Morgan fingerprint density at radius 3 is 2.24 bits per heavy atom. The molecule has 5 nitrogen and oxygen atoms in total. The third-order valence-electron chi connectivity index (χ3n) is 4.20. The molecule has 6 heteroatoms. The first kappa shape index (κ1) is 15.9. The van der Waals surface area contributed by atoms with Crippen molar-refractivity contribution in [1.82, 2.24) is 0 Å². The number of ether oxygens (including phenoxy) is 1. The van der Waals surface area contributed by atoms with Gasteiger partial charge in [0.25, 0.3) is 0 Å². The van der Waals surface area contributed by atoms with Gasteiger partial charge >= 0.3 is 13.2 Å². The number of benzene rings is 1. The van der Waals surface area contributed by atoms with E-state index in [1.807, 2.05) is 52.8 Å². The van der Waals surface area contributed by atoms with Crippen molar-refractivity contribution >= 4 is 24.4 Å². The number of carbonyl (C=O) groups is 1. The lowest BCUT2D eigenvalue weighted by molar-refractivity contribution is 0.00578. The molecular weight excluding hydrogens is 269 g/mol. The molecule has 0 spiro atoms. The van der Waals surface area contributed by atoms with E-state index in [0.29, 0.717) is 5.69 Å². The summed E-state index contributed by atoms with van der Waals surface area (Å²) in [5, 5.41) is 2.67. The molecule has 2 rings (SSSR count). The molecule has 114 valence electrons. The van der Waals surface area contributed by atoms with E-state index in [0.717, 1.165) is 11.0 Å². The fourth-order valence-electron chi connectivity index (χ4n) is 2.11. The number of carbonyl (C=O) groups excluding carboxylic acids is 1. The van der Waals surface area contributed by atoms with Crippen molar-refractivity contribution in [1.29, 1.82) is 0 Å². The van der Waals surface area contributed by atoms with Crippen LogP contribution in [-0.2, 0) is 14.0 Å². The van der Waals surface area contributed by atoms with Gasteiger partial charge in [-0.2, -0.15) is 0 Å². The molecule has 1 aliphatic rings. The van der Waals surface area contributed by atoms with Crippen molar-refractivity contribution in [2.75, 3.05) is 12.4 Å². The molecule has 1 aliphatic heterocycles. The number of amides is 1. The highest BCUT2D eigenvalue weighted by atomic mass is 16.7. The highest BCUT2D eigenvalue weighted by molar-refractivity contribution is 6.62. The lowest BCUT2D eigenvalue weighted by Crippen LogP contribution is -2.41. The average Bonchev–Trinajstić information content (AvgIpc) is 2.60. The predicted octanol–water partition coefficient (Wildman–Crippen LogP) is 2.47. The maximum atomic E-state index is 11.3. The number of methoxy groups -OCH3 is 1. The van der Waals surface area contributed by atoms with Crippen LogP contribution in [0.1, 0.15) is 33.3 Å². The third kappa shape index (κ3) is 3.06. The first-order chi connectivity index (χ1) is 9.66. The summed E-state index contributed by atoms with van der Waals surface area (Å²) in [5.41, 5.74) is 1.83. The maximum absolute atomic E-state index is 11.3. The van der Waals surface area contributed by atoms with Crippen LogP contribution in [0, 0.1) is 6.92 Å². The van der Waals surface area contributed by atoms with Gasteiger partial charge in [0, 0.05) is 5.69 Å². The zero-order chi connectivity index (χ0) is 15.8. The Balaban J connectivity index is 2.20. The molecule has 1 amide bonds. The second-order valence-corrected chi connectivity index (χ2v) is 6.28. The minimum Gasteiger partial charge on any atom is -0.453 e. The number of anilines is 1. The van der Waals surface area contributed by atoms with Crippen molar-refractivity contribution in [2.24, 2.45) is 0 Å². The summed E-state index contributed by atoms with van der Waals surface area (Å²) in [4.78, 5) is 11.3. The van der Waals surface area contributed by atoms with Crippen LogP contribution in [0.4, 0.5) is 10.5 Å². The van der Waals surface area contributed by atoms with Crippen LogP contribution < -0.4 is 10.8 Å². The summed E-state index contributed by atoms with van der Waals surface area (Å²) < 4.78 is 16.6. The zero-order valence-corrected chi connectivity index (χ0v) is 13.4. The van der Waals surface area contributed by atoms with Gasteiger partial charge in [0.2, 0.25) is 0 Å². The van der Waals surface area contributed by atoms with Crippen LogP contribution in [0.25, 0.3) is 0 Å². The molecule has 0 saturated carbocycles. The Morgan fingerprint density at radius 1 is 1.19 bits per heavy atom. The molecule has 1 N–H and O–H groups in total. The fraction of sp³-hybridized carbons (Fsp3) is 0.533. The van der Waals surface area contributed by atoms with E-state index in [4.69, 9.17) is 9.31 Å². The number of nitrogens with one attached hydrogen (secondary N) is 1. The minimum atomic E-state index is -0.485. The molecular formula is C15H22BNO4. The molecule has 1 saturated heterocycles. The second-order valence-electron chi connectivity index (χ2n) is 6.28. The first-order valence-corrected chi connectivity index (χ1v) is 6.97. The van der Waals surface area contributed by atoms with Gasteiger partial charge in [0.1, 0.15) is 0 Å². The van der Waals surface area contributed by atoms with Crippen molar-refractivity contribution in [2.45, 2.75) is 45.8 Å². The quantitative estimate of drug-likeness (QED) is 0.850. The van der Waals surface area contributed by atoms with Crippen LogP contribution in [0.2, 0.25) is 0 Å². The van der Waals surface area contributed by atoms with Gasteiger partial charge < -0.3 is 14.0 Å². The predicted molar refractivity (Wildman–Crippen MR) is 82.9 cm³/mol. The van der Waals surface area contributed by atoms with Gasteiger partial charge in [-0.25, -0.2) is 4.79 Å². The van der Waals surface area contributed by atoms with Gasteiger partial charge in [-0.3, -0.25) is 5.32 Å². The topological polar surface area (TPSA) is 56.8 Å². The van der Waals surface area contributed by atoms with Crippen molar-refractivity contribution in [3.8, 4) is 0 Å². The number of hydrogen-bond donors (Lipinski definition) is 1. The standard InChI is InChI=1S/C15H22BNO4/c1-10-9-11(7-8-12(10)17-13(18)19-6)16-20-14(2,3)15(4,5)21-16/h7-9H,1-6H3,(H,17,18). The van der Waals surface area contributed by atoms with Gasteiger partial charge in [0.05, 0.1) is 18.3 Å². The molecule has 1 aromatic carbocycles. The van der Waals surface area contributed by atoms with Gasteiger partial charge in [-0.1, -0.05) is 12.1 Å². The van der Waals surface area contributed by atoms with Crippen LogP contribution >= 0.6 is 0 Å². The summed E-state index contributed by atoms with van der Waals surface area (Å²) >= 11 is 0. The normalized spacial score (nSPS) is 19.4. The minimum absolute atomic E-state index is 0.367. The van der Waals surface area contributed by atoms with Gasteiger partial charge in [-0.05, 0) is 51.7 Å². The molecule has 0 aliphatic carbocycles. The summed E-state index contributed by atoms with van der Waals surface area (Å²) in [5.74, 6) is 0. The molecule has 21 heavy (non-hydrogen) atoms. The monoisotopic (exact) mass is 291 g/mol. The Bertz CT molecular complexity index is 541. The molecule has 1 aromatic rings. The maximum Gasteiger partial charge on any atom is 0.494 e. The second kappa shape index (κ2) is 5.35. The van der Waals surface area contributed by atoms with Crippen LogP contribution in [0.3, 0.4) is 0 Å². The summed E-state index contributed by atoms with van der Waals surface area (Å²) in [7, 11) is 0.935. The van der Waals surface area contributed by atoms with Crippen LogP contribution in [0.15, 0.2) is 18.2 Å². The average molecular weight is 291 g/mol. The van der Waals surface area contributed by atoms with E-state index >= 15 is 0 Å². The van der Waals surface area contributed by atoms with E-state index in [2.05, 4.69) is 10.1 Å².